The molecule has 14 heavy (non-hydrogen) atoms. The Morgan fingerprint density at radius 1 is 1.57 bits per heavy atom. The van der Waals surface area contributed by atoms with E-state index in [1.54, 1.807) is 12.2 Å². The Bertz CT molecular complexity index is 295. The molecule has 3 heteroatoms. The number of hydrogen-bond acceptors (Lipinski definition) is 2. The SMILES string of the molecule is CC(C)(C)C1=CC(O)(Br)C(C=O)C=C1. The summed E-state index contributed by atoms with van der Waals surface area (Å²) in [5, 5.41) is 9.93. The molecule has 0 saturated heterocycles. The molecule has 1 aliphatic carbocycles. The zero-order valence-corrected chi connectivity index (χ0v) is 10.2. The van der Waals surface area contributed by atoms with Crippen LogP contribution in [0.15, 0.2) is 23.8 Å². The average molecular weight is 259 g/mol. The van der Waals surface area contributed by atoms with Crippen molar-refractivity contribution >= 4 is 22.2 Å². The van der Waals surface area contributed by atoms with E-state index in [1.165, 1.54) is 0 Å². The minimum absolute atomic E-state index is 0.0217. The molecule has 0 aromatic heterocycles. The highest BCUT2D eigenvalue weighted by Gasteiger charge is 2.34. The van der Waals surface area contributed by atoms with Gasteiger partial charge < -0.3 is 9.90 Å². The molecule has 0 aliphatic heterocycles. The van der Waals surface area contributed by atoms with Gasteiger partial charge in [-0.1, -0.05) is 32.9 Å². The average Bonchev–Trinajstić information content (AvgIpc) is 2.00. The lowest BCUT2D eigenvalue weighted by molar-refractivity contribution is -0.112. The first kappa shape index (κ1) is 11.7. The van der Waals surface area contributed by atoms with E-state index in [0.717, 1.165) is 11.9 Å². The van der Waals surface area contributed by atoms with Gasteiger partial charge in [0.05, 0.1) is 5.92 Å². The van der Waals surface area contributed by atoms with E-state index < -0.39 is 10.4 Å². The fourth-order valence-corrected chi connectivity index (χ4v) is 1.82. The van der Waals surface area contributed by atoms with Gasteiger partial charge in [0.2, 0.25) is 0 Å². The van der Waals surface area contributed by atoms with Crippen LogP contribution in [0.4, 0.5) is 0 Å². The summed E-state index contributed by atoms with van der Waals surface area (Å²) in [4.78, 5) is 10.7. The summed E-state index contributed by atoms with van der Waals surface area (Å²) < 4.78 is -1.23. The third-order valence-corrected chi connectivity index (χ3v) is 3.08. The Labute approximate surface area is 92.8 Å². The molecule has 0 amide bonds. The van der Waals surface area contributed by atoms with E-state index in [0.29, 0.717) is 0 Å². The van der Waals surface area contributed by atoms with Crippen molar-refractivity contribution in [1.82, 2.24) is 0 Å². The first-order chi connectivity index (χ1) is 6.27. The zero-order valence-electron chi connectivity index (χ0n) is 8.62. The van der Waals surface area contributed by atoms with Gasteiger partial charge in [0.15, 0.2) is 4.51 Å². The third-order valence-electron chi connectivity index (χ3n) is 2.32. The van der Waals surface area contributed by atoms with Gasteiger partial charge >= 0.3 is 0 Å². The predicted octanol–water partition coefficient (Wildman–Crippen LogP) is 2.43. The van der Waals surface area contributed by atoms with Crippen molar-refractivity contribution in [2.75, 3.05) is 0 Å². The number of halogens is 1. The molecule has 78 valence electrons. The van der Waals surface area contributed by atoms with Crippen molar-refractivity contribution in [3.8, 4) is 0 Å². The Kier molecular flexibility index (Phi) is 3.02. The first-order valence-electron chi connectivity index (χ1n) is 4.55. The summed E-state index contributed by atoms with van der Waals surface area (Å²) >= 11 is 3.15. The Morgan fingerprint density at radius 2 is 2.14 bits per heavy atom. The Hall–Kier alpha value is -0.410. The van der Waals surface area contributed by atoms with Crippen LogP contribution in [0, 0.1) is 11.3 Å². The third kappa shape index (κ3) is 2.34. The lowest BCUT2D eigenvalue weighted by Crippen LogP contribution is -2.32. The number of allylic oxidation sites excluding steroid dienone is 2. The van der Waals surface area contributed by atoms with E-state index in [9.17, 15) is 9.90 Å². The van der Waals surface area contributed by atoms with E-state index in [-0.39, 0.29) is 5.41 Å². The van der Waals surface area contributed by atoms with Crippen molar-refractivity contribution in [2.45, 2.75) is 25.3 Å². The molecule has 0 aromatic carbocycles. The summed E-state index contributed by atoms with van der Waals surface area (Å²) in [5.41, 5.74) is 1.00. The molecule has 1 N–H and O–H groups in total. The lowest BCUT2D eigenvalue weighted by atomic mass is 9.81. The molecule has 2 nitrogen and oxygen atoms in total. The summed E-state index contributed by atoms with van der Waals surface area (Å²) in [7, 11) is 0. The summed E-state index contributed by atoms with van der Waals surface area (Å²) in [6, 6.07) is 0. The molecule has 0 fully saturated rings. The monoisotopic (exact) mass is 258 g/mol. The van der Waals surface area contributed by atoms with Crippen LogP contribution in [-0.4, -0.2) is 15.9 Å². The van der Waals surface area contributed by atoms with Crippen molar-refractivity contribution in [3.63, 3.8) is 0 Å². The largest absolute Gasteiger partial charge is 0.374 e. The topological polar surface area (TPSA) is 37.3 Å². The molecule has 0 aromatic rings. The maximum absolute atomic E-state index is 10.7. The van der Waals surface area contributed by atoms with Crippen LogP contribution in [0.3, 0.4) is 0 Å². The van der Waals surface area contributed by atoms with Crippen LogP contribution < -0.4 is 0 Å². The molecule has 1 aliphatic rings. The molecule has 2 unspecified atom stereocenters. The van der Waals surface area contributed by atoms with Gasteiger partial charge in [-0.25, -0.2) is 0 Å². The van der Waals surface area contributed by atoms with Crippen LogP contribution in [0.5, 0.6) is 0 Å². The van der Waals surface area contributed by atoms with Crippen LogP contribution in [-0.2, 0) is 4.79 Å². The molecule has 0 spiro atoms. The smallest absolute Gasteiger partial charge is 0.151 e. The molecule has 0 saturated carbocycles. The molecule has 0 bridgehead atoms. The molecular formula is C11H15BrO2. The first-order valence-corrected chi connectivity index (χ1v) is 5.35. The van der Waals surface area contributed by atoms with Crippen LogP contribution in [0.25, 0.3) is 0 Å². The highest BCUT2D eigenvalue weighted by Crippen LogP contribution is 2.37. The normalized spacial score (nSPS) is 32.6. The second kappa shape index (κ2) is 3.63. The van der Waals surface area contributed by atoms with Crippen molar-refractivity contribution in [1.29, 1.82) is 0 Å². The van der Waals surface area contributed by atoms with Gasteiger partial charge in [-0.3, -0.25) is 0 Å². The lowest BCUT2D eigenvalue weighted by Gasteiger charge is -2.31. The Morgan fingerprint density at radius 3 is 2.50 bits per heavy atom. The fourth-order valence-electron chi connectivity index (χ4n) is 1.31. The molecule has 0 heterocycles. The predicted molar refractivity (Wildman–Crippen MR) is 60.1 cm³/mol. The fraction of sp³-hybridized carbons (Fsp3) is 0.545. The van der Waals surface area contributed by atoms with Gasteiger partial charge in [0.25, 0.3) is 0 Å². The van der Waals surface area contributed by atoms with Crippen LogP contribution in [0.1, 0.15) is 20.8 Å². The number of hydrogen-bond donors (Lipinski definition) is 1. The van der Waals surface area contributed by atoms with E-state index in [2.05, 4.69) is 36.7 Å². The Balaban J connectivity index is 3.03. The van der Waals surface area contributed by atoms with Crippen molar-refractivity contribution in [3.05, 3.63) is 23.8 Å². The zero-order chi connectivity index (χ0) is 11.0. The van der Waals surface area contributed by atoms with Gasteiger partial charge in [0, 0.05) is 0 Å². The van der Waals surface area contributed by atoms with Crippen molar-refractivity contribution in [2.24, 2.45) is 11.3 Å². The number of aldehydes is 1. The molecule has 1 rings (SSSR count). The minimum atomic E-state index is -1.23. The summed E-state index contributed by atoms with van der Waals surface area (Å²) in [6.07, 6.45) is 6.06. The van der Waals surface area contributed by atoms with E-state index in [4.69, 9.17) is 0 Å². The quantitative estimate of drug-likeness (QED) is 0.580. The molecule has 2 atom stereocenters. The molecular weight excluding hydrogens is 244 g/mol. The maximum Gasteiger partial charge on any atom is 0.151 e. The van der Waals surface area contributed by atoms with Crippen LogP contribution >= 0.6 is 15.9 Å². The van der Waals surface area contributed by atoms with Gasteiger partial charge in [-0.15, -0.1) is 0 Å². The number of aliphatic hydroxyl groups is 1. The maximum atomic E-state index is 10.7. The van der Waals surface area contributed by atoms with Gasteiger partial charge in [0.1, 0.15) is 6.29 Å². The van der Waals surface area contributed by atoms with Crippen molar-refractivity contribution < 1.29 is 9.90 Å². The number of rotatable bonds is 1. The summed E-state index contributed by atoms with van der Waals surface area (Å²) in [6.45, 7) is 6.19. The van der Waals surface area contributed by atoms with Crippen LogP contribution in [0.2, 0.25) is 0 Å². The van der Waals surface area contributed by atoms with E-state index in [1.807, 2.05) is 6.08 Å². The number of carbonyl (C=O) groups excluding carboxylic acids is 1. The summed E-state index contributed by atoms with van der Waals surface area (Å²) in [5.74, 6) is -0.506. The highest BCUT2D eigenvalue weighted by atomic mass is 79.9. The second-order valence-corrected chi connectivity index (χ2v) is 5.87. The molecule has 0 radical (unpaired) electrons. The second-order valence-electron chi connectivity index (χ2n) is 4.60. The standard InChI is InChI=1S/C11H15BrO2/c1-10(2,3)8-4-5-9(7-13)11(12,14)6-8/h4-7,9,14H,1-3H3. The minimum Gasteiger partial charge on any atom is -0.374 e. The van der Waals surface area contributed by atoms with Gasteiger partial charge in [-0.2, -0.15) is 0 Å². The van der Waals surface area contributed by atoms with Gasteiger partial charge in [-0.05, 0) is 33.0 Å². The number of carbonyl (C=O) groups is 1. The highest BCUT2D eigenvalue weighted by molar-refractivity contribution is 9.10. The number of alkyl halides is 1. The van der Waals surface area contributed by atoms with E-state index >= 15 is 0 Å².